The van der Waals surface area contributed by atoms with Crippen LogP contribution >= 0.6 is 11.3 Å². The fourth-order valence-electron chi connectivity index (χ4n) is 1.90. The number of rotatable bonds is 6. The van der Waals surface area contributed by atoms with E-state index in [-0.39, 0.29) is 10.3 Å². The van der Waals surface area contributed by atoms with Crippen LogP contribution in [0.3, 0.4) is 0 Å². The average molecular weight is 354 g/mol. The normalized spacial score (nSPS) is 12.3. The first-order valence-electron chi connectivity index (χ1n) is 7.31. The molecular formula is C16H22N2O3S2. The van der Waals surface area contributed by atoms with Crippen LogP contribution in [0.15, 0.2) is 34.5 Å². The number of ether oxygens (including phenoxy) is 1. The van der Waals surface area contributed by atoms with Crippen molar-refractivity contribution in [1.82, 2.24) is 9.71 Å². The maximum Gasteiger partial charge on any atom is 0.240 e. The summed E-state index contributed by atoms with van der Waals surface area (Å²) in [6.45, 7) is 6.65. The van der Waals surface area contributed by atoms with Crippen LogP contribution in [0, 0.1) is 0 Å². The van der Waals surface area contributed by atoms with Crippen LogP contribution in [0.2, 0.25) is 0 Å². The van der Waals surface area contributed by atoms with E-state index in [1.165, 1.54) is 12.1 Å². The molecule has 0 radical (unpaired) electrons. The lowest BCUT2D eigenvalue weighted by Gasteiger charge is -2.14. The van der Waals surface area contributed by atoms with Gasteiger partial charge in [0.1, 0.15) is 5.75 Å². The summed E-state index contributed by atoms with van der Waals surface area (Å²) >= 11 is 1.57. The lowest BCUT2D eigenvalue weighted by Crippen LogP contribution is -2.26. The third-order valence-electron chi connectivity index (χ3n) is 3.32. The number of hydrogen-bond donors (Lipinski definition) is 1. The third kappa shape index (κ3) is 4.76. The lowest BCUT2D eigenvalue weighted by molar-refractivity contribution is 0.414. The molecule has 0 spiro atoms. The number of aromatic nitrogens is 1. The molecule has 2 aromatic rings. The Labute approximate surface area is 141 Å². The minimum Gasteiger partial charge on any atom is -0.497 e. The van der Waals surface area contributed by atoms with Crippen molar-refractivity contribution < 1.29 is 13.2 Å². The zero-order chi connectivity index (χ0) is 17.1. The Kier molecular flexibility index (Phi) is 5.44. The predicted molar refractivity (Wildman–Crippen MR) is 92.7 cm³/mol. The van der Waals surface area contributed by atoms with E-state index in [9.17, 15) is 8.42 Å². The molecule has 1 aromatic carbocycles. The zero-order valence-electron chi connectivity index (χ0n) is 13.8. The molecule has 0 aliphatic carbocycles. The van der Waals surface area contributed by atoms with Crippen LogP contribution in [0.4, 0.5) is 0 Å². The molecule has 0 amide bonds. The van der Waals surface area contributed by atoms with E-state index in [0.717, 1.165) is 10.7 Å². The highest BCUT2D eigenvalue weighted by Crippen LogP contribution is 2.24. The SMILES string of the molecule is COc1ccc(S(=O)(=O)NCCc2nc(C(C)(C)C)cs2)cc1. The molecule has 7 heteroatoms. The quantitative estimate of drug-likeness (QED) is 0.866. The standard InChI is InChI=1S/C16H22N2O3S2/c1-16(2,3)14-11-22-15(18-14)9-10-17-23(19,20)13-7-5-12(21-4)6-8-13/h5-8,11,17H,9-10H2,1-4H3. The lowest BCUT2D eigenvalue weighted by atomic mass is 9.93. The second-order valence-corrected chi connectivity index (χ2v) is 8.91. The first-order valence-corrected chi connectivity index (χ1v) is 9.67. The van der Waals surface area contributed by atoms with Crippen LogP contribution < -0.4 is 9.46 Å². The third-order valence-corrected chi connectivity index (χ3v) is 5.71. The second kappa shape index (κ2) is 6.98. The summed E-state index contributed by atoms with van der Waals surface area (Å²) in [4.78, 5) is 4.79. The summed E-state index contributed by atoms with van der Waals surface area (Å²) in [5.41, 5.74) is 1.05. The van der Waals surface area contributed by atoms with Crippen molar-refractivity contribution >= 4 is 21.4 Å². The van der Waals surface area contributed by atoms with Crippen molar-refractivity contribution in [2.45, 2.75) is 37.5 Å². The van der Waals surface area contributed by atoms with E-state index in [4.69, 9.17) is 4.74 Å². The molecule has 0 saturated heterocycles. The van der Waals surface area contributed by atoms with E-state index in [2.05, 4.69) is 30.5 Å². The van der Waals surface area contributed by atoms with Gasteiger partial charge in [0.2, 0.25) is 10.0 Å². The minimum atomic E-state index is -3.51. The molecule has 0 unspecified atom stereocenters. The van der Waals surface area contributed by atoms with Gasteiger partial charge in [-0.2, -0.15) is 0 Å². The Balaban J connectivity index is 1.95. The molecule has 0 bridgehead atoms. The summed E-state index contributed by atoms with van der Waals surface area (Å²) in [7, 11) is -1.96. The van der Waals surface area contributed by atoms with Gasteiger partial charge in [0, 0.05) is 23.8 Å². The Morgan fingerprint density at radius 3 is 2.39 bits per heavy atom. The van der Waals surface area contributed by atoms with Crippen molar-refractivity contribution in [3.05, 3.63) is 40.3 Å². The highest BCUT2D eigenvalue weighted by molar-refractivity contribution is 7.89. The smallest absolute Gasteiger partial charge is 0.240 e. The maximum absolute atomic E-state index is 12.2. The Hall–Kier alpha value is -1.44. The molecule has 0 fully saturated rings. The molecular weight excluding hydrogens is 332 g/mol. The largest absolute Gasteiger partial charge is 0.497 e. The van der Waals surface area contributed by atoms with E-state index >= 15 is 0 Å². The molecule has 126 valence electrons. The van der Waals surface area contributed by atoms with Gasteiger partial charge in [-0.25, -0.2) is 18.1 Å². The van der Waals surface area contributed by atoms with Crippen LogP contribution in [0.1, 0.15) is 31.5 Å². The summed E-state index contributed by atoms with van der Waals surface area (Å²) in [5.74, 6) is 0.626. The van der Waals surface area contributed by atoms with E-state index in [0.29, 0.717) is 18.7 Å². The number of hydrogen-bond acceptors (Lipinski definition) is 5. The monoisotopic (exact) mass is 354 g/mol. The molecule has 0 atom stereocenters. The molecule has 0 aliphatic rings. The number of nitrogens with zero attached hydrogens (tertiary/aromatic N) is 1. The minimum absolute atomic E-state index is 0.0113. The van der Waals surface area contributed by atoms with Gasteiger partial charge in [-0.15, -0.1) is 11.3 Å². The number of thiazole rings is 1. The zero-order valence-corrected chi connectivity index (χ0v) is 15.4. The van der Waals surface area contributed by atoms with Gasteiger partial charge < -0.3 is 4.74 Å². The first kappa shape index (κ1) is 17.9. The van der Waals surface area contributed by atoms with E-state index in [1.807, 2.05) is 5.38 Å². The molecule has 2 rings (SSSR count). The van der Waals surface area contributed by atoms with Crippen LogP contribution in [0.5, 0.6) is 5.75 Å². The maximum atomic E-state index is 12.2. The van der Waals surface area contributed by atoms with Crippen molar-refractivity contribution in [3.8, 4) is 5.75 Å². The predicted octanol–water partition coefficient (Wildman–Crippen LogP) is 2.97. The van der Waals surface area contributed by atoms with E-state index in [1.54, 1.807) is 30.6 Å². The number of benzene rings is 1. The van der Waals surface area contributed by atoms with Crippen LogP contribution in [-0.2, 0) is 21.9 Å². The molecule has 0 saturated carbocycles. The van der Waals surface area contributed by atoms with Gasteiger partial charge in [0.25, 0.3) is 0 Å². The Morgan fingerprint density at radius 2 is 1.87 bits per heavy atom. The molecule has 0 aliphatic heterocycles. The number of nitrogens with one attached hydrogen (secondary N) is 1. The first-order chi connectivity index (χ1) is 10.7. The Bertz CT molecular complexity index is 744. The fraction of sp³-hybridized carbons (Fsp3) is 0.438. The van der Waals surface area contributed by atoms with E-state index < -0.39 is 10.0 Å². The molecule has 23 heavy (non-hydrogen) atoms. The second-order valence-electron chi connectivity index (χ2n) is 6.20. The van der Waals surface area contributed by atoms with Gasteiger partial charge in [-0.3, -0.25) is 0 Å². The van der Waals surface area contributed by atoms with Crippen molar-refractivity contribution in [2.24, 2.45) is 0 Å². The number of methoxy groups -OCH3 is 1. The van der Waals surface area contributed by atoms with Crippen molar-refractivity contribution in [2.75, 3.05) is 13.7 Å². The highest BCUT2D eigenvalue weighted by atomic mass is 32.2. The Morgan fingerprint density at radius 1 is 1.22 bits per heavy atom. The molecule has 5 nitrogen and oxygen atoms in total. The van der Waals surface area contributed by atoms with Gasteiger partial charge >= 0.3 is 0 Å². The average Bonchev–Trinajstić information content (AvgIpc) is 2.96. The van der Waals surface area contributed by atoms with Crippen molar-refractivity contribution in [1.29, 1.82) is 0 Å². The topological polar surface area (TPSA) is 68.3 Å². The molecule has 1 aromatic heterocycles. The number of sulfonamides is 1. The van der Waals surface area contributed by atoms with Crippen LogP contribution in [0.25, 0.3) is 0 Å². The summed E-state index contributed by atoms with van der Waals surface area (Å²) in [6, 6.07) is 6.32. The van der Waals surface area contributed by atoms with Gasteiger partial charge in [0.05, 0.1) is 22.7 Å². The van der Waals surface area contributed by atoms with Crippen molar-refractivity contribution in [3.63, 3.8) is 0 Å². The van der Waals surface area contributed by atoms with Gasteiger partial charge in [-0.05, 0) is 24.3 Å². The summed E-state index contributed by atoms with van der Waals surface area (Å²) < 4.78 is 32.1. The summed E-state index contributed by atoms with van der Waals surface area (Å²) in [5, 5.41) is 2.97. The van der Waals surface area contributed by atoms with Gasteiger partial charge in [0.15, 0.2) is 0 Å². The van der Waals surface area contributed by atoms with Gasteiger partial charge in [-0.1, -0.05) is 20.8 Å². The van der Waals surface area contributed by atoms with Crippen LogP contribution in [-0.4, -0.2) is 27.1 Å². The highest BCUT2D eigenvalue weighted by Gasteiger charge is 2.18. The molecule has 1 heterocycles. The summed E-state index contributed by atoms with van der Waals surface area (Å²) in [6.07, 6.45) is 0.579. The fourth-order valence-corrected chi connectivity index (χ4v) is 3.96. The molecule has 1 N–H and O–H groups in total.